The van der Waals surface area contributed by atoms with Gasteiger partial charge in [-0.2, -0.15) is 0 Å². The van der Waals surface area contributed by atoms with Gasteiger partial charge in [0.2, 0.25) is 5.91 Å². The summed E-state index contributed by atoms with van der Waals surface area (Å²) in [5.74, 6) is 0.518. The lowest BCUT2D eigenvalue weighted by Crippen LogP contribution is -2.45. The molecule has 0 aliphatic carbocycles. The summed E-state index contributed by atoms with van der Waals surface area (Å²) in [4.78, 5) is 17.5. The molecule has 1 aliphatic heterocycles. The Kier molecular flexibility index (Phi) is 5.76. The molecular weight excluding hydrogens is 220 g/mol. The number of morpholine rings is 1. The summed E-state index contributed by atoms with van der Waals surface area (Å²) < 4.78 is 5.22. The third-order valence-corrected chi connectivity index (χ3v) is 2.40. The molecule has 1 saturated heterocycles. The van der Waals surface area contributed by atoms with Gasteiger partial charge in [-0.15, -0.1) is 0 Å². The van der Waals surface area contributed by atoms with Crippen molar-refractivity contribution in [3.05, 3.63) is 0 Å². The van der Waals surface area contributed by atoms with Crippen molar-refractivity contribution < 1.29 is 9.53 Å². The van der Waals surface area contributed by atoms with Crippen molar-refractivity contribution in [2.75, 3.05) is 32.8 Å². The first-order chi connectivity index (χ1) is 8.09. The van der Waals surface area contributed by atoms with Crippen molar-refractivity contribution in [3.8, 4) is 0 Å². The average molecular weight is 242 g/mol. The summed E-state index contributed by atoms with van der Waals surface area (Å²) in [5, 5.41) is 2.81. The molecule has 0 spiro atoms. The van der Waals surface area contributed by atoms with Gasteiger partial charge in [0.05, 0.1) is 19.8 Å². The zero-order valence-corrected chi connectivity index (χ0v) is 10.6. The van der Waals surface area contributed by atoms with Crippen LogP contribution >= 0.6 is 0 Å². The lowest BCUT2D eigenvalue weighted by molar-refractivity contribution is -0.121. The first-order valence-electron chi connectivity index (χ1n) is 6.01. The number of hydrogen-bond acceptors (Lipinski definition) is 3. The minimum absolute atomic E-state index is 0.0125. The maximum atomic E-state index is 11.4. The van der Waals surface area contributed by atoms with Crippen LogP contribution in [-0.2, 0) is 9.53 Å². The van der Waals surface area contributed by atoms with Gasteiger partial charge in [-0.05, 0) is 13.8 Å². The number of carbonyl (C=O) groups excluding carboxylic acids is 1. The van der Waals surface area contributed by atoms with Gasteiger partial charge in [-0.3, -0.25) is 9.79 Å². The minimum atomic E-state index is 0.0125. The van der Waals surface area contributed by atoms with Crippen LogP contribution < -0.4 is 11.1 Å². The van der Waals surface area contributed by atoms with Crippen LogP contribution in [0.2, 0.25) is 0 Å². The second-order valence-corrected chi connectivity index (χ2v) is 4.31. The Morgan fingerprint density at radius 2 is 2.12 bits per heavy atom. The molecule has 1 heterocycles. The van der Waals surface area contributed by atoms with Crippen molar-refractivity contribution in [2.24, 2.45) is 10.7 Å². The van der Waals surface area contributed by atoms with Crippen molar-refractivity contribution in [3.63, 3.8) is 0 Å². The summed E-state index contributed by atoms with van der Waals surface area (Å²) in [6.45, 7) is 7.21. The number of rotatable bonds is 4. The van der Waals surface area contributed by atoms with E-state index in [0.29, 0.717) is 32.1 Å². The maximum Gasteiger partial charge on any atom is 0.222 e. The summed E-state index contributed by atoms with van der Waals surface area (Å²) in [7, 11) is 0. The zero-order valence-electron chi connectivity index (χ0n) is 10.6. The summed E-state index contributed by atoms with van der Waals surface area (Å²) in [6.07, 6.45) is 0.378. The highest BCUT2D eigenvalue weighted by atomic mass is 16.5. The van der Waals surface area contributed by atoms with Crippen LogP contribution in [0, 0.1) is 0 Å². The summed E-state index contributed by atoms with van der Waals surface area (Å²) in [6, 6.07) is 0.170. The molecule has 3 N–H and O–H groups in total. The predicted molar refractivity (Wildman–Crippen MR) is 66.8 cm³/mol. The van der Waals surface area contributed by atoms with Gasteiger partial charge in [-0.1, -0.05) is 0 Å². The molecule has 0 radical (unpaired) electrons. The number of nitrogens with two attached hydrogens (primary N) is 1. The van der Waals surface area contributed by atoms with E-state index in [0.717, 1.165) is 13.1 Å². The highest BCUT2D eigenvalue weighted by Crippen LogP contribution is 1.96. The van der Waals surface area contributed by atoms with Crippen molar-refractivity contribution in [1.82, 2.24) is 10.2 Å². The number of hydrogen-bond donors (Lipinski definition) is 2. The fraction of sp³-hybridized carbons (Fsp3) is 0.818. The summed E-state index contributed by atoms with van der Waals surface area (Å²) >= 11 is 0. The van der Waals surface area contributed by atoms with Crippen LogP contribution in [0.1, 0.15) is 20.3 Å². The lowest BCUT2D eigenvalue weighted by atomic mass is 10.3. The van der Waals surface area contributed by atoms with E-state index in [1.165, 1.54) is 0 Å². The molecule has 1 amide bonds. The Bertz CT molecular complexity index is 273. The van der Waals surface area contributed by atoms with E-state index in [2.05, 4.69) is 10.3 Å². The number of nitrogens with zero attached hydrogens (tertiary/aromatic N) is 2. The van der Waals surface area contributed by atoms with Gasteiger partial charge in [0.15, 0.2) is 5.96 Å². The Labute approximate surface area is 102 Å². The molecule has 0 unspecified atom stereocenters. The quantitative estimate of drug-likeness (QED) is 0.517. The molecular formula is C11H22N4O2. The molecule has 0 aromatic heterocycles. The normalized spacial score (nSPS) is 17.4. The number of guanidine groups is 1. The molecule has 0 atom stereocenters. The first-order valence-corrected chi connectivity index (χ1v) is 6.01. The Hall–Kier alpha value is -1.30. The van der Waals surface area contributed by atoms with Crippen molar-refractivity contribution >= 4 is 11.9 Å². The highest BCUT2D eigenvalue weighted by Gasteiger charge is 2.12. The Morgan fingerprint density at radius 1 is 1.47 bits per heavy atom. The molecule has 0 bridgehead atoms. The van der Waals surface area contributed by atoms with Gasteiger partial charge in [0, 0.05) is 25.6 Å². The van der Waals surface area contributed by atoms with E-state index < -0.39 is 0 Å². The average Bonchev–Trinajstić information content (AvgIpc) is 2.29. The SMILES string of the molecule is CC(C)NC(=O)CCN=C(N)N1CCOCC1. The summed E-state index contributed by atoms with van der Waals surface area (Å²) in [5.41, 5.74) is 5.82. The van der Waals surface area contributed by atoms with Gasteiger partial charge in [0.1, 0.15) is 0 Å². The number of amides is 1. The van der Waals surface area contributed by atoms with Crippen LogP contribution in [0.25, 0.3) is 0 Å². The Balaban J connectivity index is 2.25. The number of aliphatic imine (C=N–C) groups is 1. The number of ether oxygens (including phenoxy) is 1. The molecule has 98 valence electrons. The van der Waals surface area contributed by atoms with E-state index in [9.17, 15) is 4.79 Å². The molecule has 6 heteroatoms. The smallest absolute Gasteiger partial charge is 0.222 e. The van der Waals surface area contributed by atoms with Crippen LogP contribution in [0.3, 0.4) is 0 Å². The van der Waals surface area contributed by atoms with Crippen LogP contribution in [0.4, 0.5) is 0 Å². The standard InChI is InChI=1S/C11H22N4O2/c1-9(2)14-10(16)3-4-13-11(12)15-5-7-17-8-6-15/h9H,3-8H2,1-2H3,(H2,12,13)(H,14,16). The molecule has 0 aromatic carbocycles. The number of nitrogens with one attached hydrogen (secondary N) is 1. The minimum Gasteiger partial charge on any atom is -0.378 e. The van der Waals surface area contributed by atoms with Crippen molar-refractivity contribution in [1.29, 1.82) is 0 Å². The topological polar surface area (TPSA) is 80.0 Å². The fourth-order valence-corrected chi connectivity index (χ4v) is 1.56. The maximum absolute atomic E-state index is 11.4. The first kappa shape index (κ1) is 13.8. The third kappa shape index (κ3) is 5.53. The largest absolute Gasteiger partial charge is 0.378 e. The van der Waals surface area contributed by atoms with E-state index in [4.69, 9.17) is 10.5 Å². The second-order valence-electron chi connectivity index (χ2n) is 4.31. The highest BCUT2D eigenvalue weighted by molar-refractivity contribution is 5.79. The third-order valence-electron chi connectivity index (χ3n) is 2.40. The number of carbonyl (C=O) groups is 1. The molecule has 1 fully saturated rings. The van der Waals surface area contributed by atoms with Gasteiger partial charge < -0.3 is 20.7 Å². The molecule has 0 aromatic rings. The van der Waals surface area contributed by atoms with E-state index in [1.807, 2.05) is 18.7 Å². The predicted octanol–water partition coefficient (Wildman–Crippen LogP) is -0.452. The molecule has 1 aliphatic rings. The fourth-order valence-electron chi connectivity index (χ4n) is 1.56. The molecule has 6 nitrogen and oxygen atoms in total. The van der Waals surface area contributed by atoms with E-state index in [1.54, 1.807) is 0 Å². The van der Waals surface area contributed by atoms with E-state index >= 15 is 0 Å². The van der Waals surface area contributed by atoms with Crippen LogP contribution in [0.15, 0.2) is 4.99 Å². The van der Waals surface area contributed by atoms with Crippen LogP contribution in [0.5, 0.6) is 0 Å². The Morgan fingerprint density at radius 3 is 2.71 bits per heavy atom. The van der Waals surface area contributed by atoms with Gasteiger partial charge in [-0.25, -0.2) is 0 Å². The van der Waals surface area contributed by atoms with Crippen molar-refractivity contribution in [2.45, 2.75) is 26.3 Å². The molecule has 0 saturated carbocycles. The zero-order chi connectivity index (χ0) is 12.7. The second kappa shape index (κ2) is 7.11. The monoisotopic (exact) mass is 242 g/mol. The van der Waals surface area contributed by atoms with Gasteiger partial charge >= 0.3 is 0 Å². The van der Waals surface area contributed by atoms with Crippen LogP contribution in [-0.4, -0.2) is 55.7 Å². The molecule has 1 rings (SSSR count). The van der Waals surface area contributed by atoms with E-state index in [-0.39, 0.29) is 11.9 Å². The lowest BCUT2D eigenvalue weighted by Gasteiger charge is -2.27. The van der Waals surface area contributed by atoms with Gasteiger partial charge in [0.25, 0.3) is 0 Å². The molecule has 17 heavy (non-hydrogen) atoms.